The fourth-order valence-electron chi connectivity index (χ4n) is 2.42. The number of hydrogen-bond acceptors (Lipinski definition) is 3. The highest BCUT2D eigenvalue weighted by Crippen LogP contribution is 2.45. The molecule has 1 aliphatic heterocycles. The van der Waals surface area contributed by atoms with Crippen LogP contribution >= 0.6 is 0 Å². The third-order valence-electron chi connectivity index (χ3n) is 3.25. The van der Waals surface area contributed by atoms with E-state index in [0.717, 1.165) is 25.7 Å². The smallest absolute Gasteiger partial charge is 0.304 e. The van der Waals surface area contributed by atoms with E-state index in [4.69, 9.17) is 4.74 Å². The molecule has 0 aromatic carbocycles. The average molecular weight is 197 g/mol. The van der Waals surface area contributed by atoms with Crippen molar-refractivity contribution in [3.63, 3.8) is 0 Å². The van der Waals surface area contributed by atoms with Gasteiger partial charge < -0.3 is 10.1 Å². The molecular weight excluding hydrogens is 182 g/mol. The van der Waals surface area contributed by atoms with Crippen molar-refractivity contribution in [2.45, 2.75) is 45.3 Å². The summed E-state index contributed by atoms with van der Waals surface area (Å²) >= 11 is 0. The number of nitrogens with one attached hydrogen (secondary N) is 1. The van der Waals surface area contributed by atoms with Gasteiger partial charge in [-0.05, 0) is 12.8 Å². The fourth-order valence-corrected chi connectivity index (χ4v) is 2.42. The molecule has 1 amide bonds. The lowest BCUT2D eigenvalue weighted by atomic mass is 9.67. The molecule has 4 heteroatoms. The predicted octanol–water partition coefficient (Wildman–Crippen LogP) is 0.956. The van der Waals surface area contributed by atoms with Gasteiger partial charge in [0.25, 0.3) is 0 Å². The summed E-state index contributed by atoms with van der Waals surface area (Å²) in [6, 6.07) is 0. The second-order valence-electron chi connectivity index (χ2n) is 4.18. The van der Waals surface area contributed by atoms with Crippen molar-refractivity contribution < 1.29 is 14.3 Å². The Morgan fingerprint density at radius 1 is 1.43 bits per heavy atom. The molecule has 2 aliphatic rings. The summed E-state index contributed by atoms with van der Waals surface area (Å²) < 4.78 is 5.08. The van der Waals surface area contributed by atoms with Gasteiger partial charge in [-0.2, -0.15) is 0 Å². The van der Waals surface area contributed by atoms with Crippen molar-refractivity contribution in [2.24, 2.45) is 5.41 Å². The lowest BCUT2D eigenvalue weighted by Gasteiger charge is -2.49. The Hall–Kier alpha value is -1.06. The Balaban J connectivity index is 2.06. The minimum absolute atomic E-state index is 0.0588. The van der Waals surface area contributed by atoms with E-state index in [1.165, 1.54) is 13.3 Å². The molecule has 0 bridgehead atoms. The van der Waals surface area contributed by atoms with Crippen LogP contribution in [-0.4, -0.2) is 18.1 Å². The molecule has 0 radical (unpaired) electrons. The van der Waals surface area contributed by atoms with E-state index in [2.05, 4.69) is 5.32 Å². The fraction of sp³-hybridized carbons (Fsp3) is 0.800. The Bertz CT molecular complexity index is 269. The maximum absolute atomic E-state index is 11.5. The first-order valence-corrected chi connectivity index (χ1v) is 5.13. The van der Waals surface area contributed by atoms with Gasteiger partial charge in [-0.15, -0.1) is 0 Å². The standard InChI is InChI=1S/C10H15NO3/c1-7(12)14-9-10(8(13)11-9)5-3-2-4-6-10/h9H,2-6H2,1H3,(H,11,13). The van der Waals surface area contributed by atoms with Gasteiger partial charge in [-0.25, -0.2) is 0 Å². The zero-order valence-electron chi connectivity index (χ0n) is 8.34. The van der Waals surface area contributed by atoms with Crippen molar-refractivity contribution in [2.75, 3.05) is 0 Å². The molecule has 1 N–H and O–H groups in total. The van der Waals surface area contributed by atoms with Gasteiger partial charge in [-0.1, -0.05) is 19.3 Å². The molecule has 1 atom stereocenters. The molecular formula is C10H15NO3. The Morgan fingerprint density at radius 2 is 2.07 bits per heavy atom. The van der Waals surface area contributed by atoms with Gasteiger partial charge in [0.15, 0.2) is 6.23 Å². The summed E-state index contributed by atoms with van der Waals surface area (Å²) in [7, 11) is 0. The summed E-state index contributed by atoms with van der Waals surface area (Å²) in [5.41, 5.74) is -0.385. The van der Waals surface area contributed by atoms with E-state index in [9.17, 15) is 9.59 Å². The van der Waals surface area contributed by atoms with Crippen molar-refractivity contribution in [3.8, 4) is 0 Å². The number of carbonyl (C=O) groups excluding carboxylic acids is 2. The number of ether oxygens (including phenoxy) is 1. The first-order valence-electron chi connectivity index (χ1n) is 5.13. The van der Waals surface area contributed by atoms with Gasteiger partial charge in [0.05, 0.1) is 0 Å². The molecule has 78 valence electrons. The average Bonchev–Trinajstić information content (AvgIpc) is 2.18. The number of carbonyl (C=O) groups is 2. The van der Waals surface area contributed by atoms with E-state index >= 15 is 0 Å². The van der Waals surface area contributed by atoms with E-state index in [0.29, 0.717) is 0 Å². The van der Waals surface area contributed by atoms with Crippen molar-refractivity contribution >= 4 is 11.9 Å². The summed E-state index contributed by atoms with van der Waals surface area (Å²) in [5.74, 6) is -0.261. The lowest BCUT2D eigenvalue weighted by molar-refractivity contribution is -0.186. The largest absolute Gasteiger partial charge is 0.441 e. The zero-order chi connectivity index (χ0) is 10.2. The molecule has 4 nitrogen and oxygen atoms in total. The van der Waals surface area contributed by atoms with Crippen LogP contribution < -0.4 is 5.32 Å². The molecule has 1 unspecified atom stereocenters. The predicted molar refractivity (Wildman–Crippen MR) is 49.2 cm³/mol. The molecule has 1 heterocycles. The van der Waals surface area contributed by atoms with Crippen LogP contribution in [0.4, 0.5) is 0 Å². The summed E-state index contributed by atoms with van der Waals surface area (Å²) in [4.78, 5) is 22.3. The van der Waals surface area contributed by atoms with Crippen LogP contribution in [0.3, 0.4) is 0 Å². The summed E-state index contributed by atoms with van der Waals surface area (Å²) in [6.07, 6.45) is 4.65. The van der Waals surface area contributed by atoms with Gasteiger partial charge in [0.1, 0.15) is 5.41 Å². The van der Waals surface area contributed by atoms with Gasteiger partial charge in [0.2, 0.25) is 5.91 Å². The van der Waals surface area contributed by atoms with Crippen molar-refractivity contribution in [1.82, 2.24) is 5.32 Å². The molecule has 1 aliphatic carbocycles. The second-order valence-corrected chi connectivity index (χ2v) is 4.18. The Kier molecular flexibility index (Phi) is 2.21. The highest BCUT2D eigenvalue weighted by atomic mass is 16.6. The Morgan fingerprint density at radius 3 is 2.57 bits per heavy atom. The minimum Gasteiger partial charge on any atom is -0.441 e. The van der Waals surface area contributed by atoms with E-state index in [-0.39, 0.29) is 23.5 Å². The molecule has 1 saturated heterocycles. The second kappa shape index (κ2) is 3.26. The zero-order valence-corrected chi connectivity index (χ0v) is 8.34. The summed E-state index contributed by atoms with van der Waals surface area (Å²) in [5, 5.41) is 2.65. The maximum Gasteiger partial charge on any atom is 0.304 e. The molecule has 0 aromatic rings. The maximum atomic E-state index is 11.5. The van der Waals surface area contributed by atoms with E-state index in [1.54, 1.807) is 0 Å². The third-order valence-corrected chi connectivity index (χ3v) is 3.25. The van der Waals surface area contributed by atoms with Gasteiger partial charge in [-0.3, -0.25) is 9.59 Å². The van der Waals surface area contributed by atoms with Crippen LogP contribution in [0.1, 0.15) is 39.0 Å². The number of rotatable bonds is 1. The molecule has 14 heavy (non-hydrogen) atoms. The molecule has 2 rings (SSSR count). The van der Waals surface area contributed by atoms with E-state index < -0.39 is 0 Å². The normalized spacial score (nSPS) is 29.2. The van der Waals surface area contributed by atoms with Crippen LogP contribution in [0.5, 0.6) is 0 Å². The van der Waals surface area contributed by atoms with Crippen LogP contribution in [0.15, 0.2) is 0 Å². The molecule has 1 saturated carbocycles. The molecule has 0 aromatic heterocycles. The number of amides is 1. The van der Waals surface area contributed by atoms with Crippen molar-refractivity contribution in [1.29, 1.82) is 0 Å². The summed E-state index contributed by atoms with van der Waals surface area (Å²) in [6.45, 7) is 1.38. The van der Waals surface area contributed by atoms with Crippen LogP contribution in [0.25, 0.3) is 0 Å². The quantitative estimate of drug-likeness (QED) is 0.503. The van der Waals surface area contributed by atoms with Gasteiger partial charge in [0, 0.05) is 6.92 Å². The van der Waals surface area contributed by atoms with Crippen LogP contribution in [0.2, 0.25) is 0 Å². The first kappa shape index (κ1) is 9.49. The number of hydrogen-bond donors (Lipinski definition) is 1. The third kappa shape index (κ3) is 1.29. The number of esters is 1. The highest BCUT2D eigenvalue weighted by Gasteiger charge is 2.57. The monoisotopic (exact) mass is 197 g/mol. The molecule has 2 fully saturated rings. The highest BCUT2D eigenvalue weighted by molar-refractivity contribution is 5.90. The molecule has 1 spiro atoms. The Labute approximate surface area is 83.0 Å². The lowest BCUT2D eigenvalue weighted by Crippen LogP contribution is -2.68. The van der Waals surface area contributed by atoms with E-state index in [1.807, 2.05) is 0 Å². The van der Waals surface area contributed by atoms with Crippen LogP contribution in [0, 0.1) is 5.41 Å². The van der Waals surface area contributed by atoms with Gasteiger partial charge >= 0.3 is 5.97 Å². The van der Waals surface area contributed by atoms with Crippen LogP contribution in [-0.2, 0) is 14.3 Å². The minimum atomic E-state index is -0.385. The number of β-lactam (4-membered cyclic amide) rings is 1. The first-order chi connectivity index (χ1) is 6.65. The topological polar surface area (TPSA) is 55.4 Å². The van der Waals surface area contributed by atoms with Crippen molar-refractivity contribution in [3.05, 3.63) is 0 Å². The SMILES string of the molecule is CC(=O)OC1NC(=O)C12CCCCC2.